The zero-order valence-corrected chi connectivity index (χ0v) is 14.3. The maximum atomic E-state index is 5.40. The number of anilines is 1. The summed E-state index contributed by atoms with van der Waals surface area (Å²) >= 11 is -1.04. The van der Waals surface area contributed by atoms with Crippen LogP contribution in [0.25, 0.3) is 0 Å². The fourth-order valence-corrected chi connectivity index (χ4v) is 4.78. The summed E-state index contributed by atoms with van der Waals surface area (Å²) < 4.78 is 6.88. The topological polar surface area (TPSA) is 12.5 Å². The SMILES string of the molecule is [CH3][SnH]([CH3])[CH2]Cc1cccc(N2CCOCC2)c1. The van der Waals surface area contributed by atoms with Crippen LogP contribution in [0.2, 0.25) is 14.3 Å². The van der Waals surface area contributed by atoms with Crippen LogP contribution in [0.1, 0.15) is 5.56 Å². The second-order valence-corrected chi connectivity index (χ2v) is 14.8. The number of hydrogen-bond acceptors (Lipinski definition) is 2. The van der Waals surface area contributed by atoms with Crippen molar-refractivity contribution in [2.45, 2.75) is 20.7 Å². The molecule has 1 aliphatic rings. The molecule has 1 saturated heterocycles. The number of ether oxygens (including phenoxy) is 1. The molecule has 1 aromatic rings. The number of rotatable bonds is 4. The summed E-state index contributed by atoms with van der Waals surface area (Å²) in [4.78, 5) is 7.42. The van der Waals surface area contributed by atoms with Crippen LogP contribution in [0.5, 0.6) is 0 Å². The van der Waals surface area contributed by atoms with Crippen molar-refractivity contribution in [2.75, 3.05) is 31.2 Å². The van der Waals surface area contributed by atoms with Crippen molar-refractivity contribution in [1.82, 2.24) is 0 Å². The fraction of sp³-hybridized carbons (Fsp3) is 0.571. The Bertz CT molecular complexity index is 348. The van der Waals surface area contributed by atoms with Crippen molar-refractivity contribution < 1.29 is 4.74 Å². The normalized spacial score (nSPS) is 16.5. The number of morpholine rings is 1. The van der Waals surface area contributed by atoms with Gasteiger partial charge in [-0.15, -0.1) is 0 Å². The van der Waals surface area contributed by atoms with Gasteiger partial charge in [0, 0.05) is 0 Å². The Hall–Kier alpha value is -0.221. The van der Waals surface area contributed by atoms with Crippen LogP contribution in [-0.2, 0) is 11.2 Å². The molecule has 1 fully saturated rings. The van der Waals surface area contributed by atoms with Gasteiger partial charge in [-0.2, -0.15) is 0 Å². The van der Waals surface area contributed by atoms with Crippen LogP contribution in [0.4, 0.5) is 5.69 Å². The van der Waals surface area contributed by atoms with Crippen LogP contribution < -0.4 is 4.90 Å². The minimum atomic E-state index is -1.04. The Kier molecular flexibility index (Phi) is 5.16. The zero-order chi connectivity index (χ0) is 12.1. The average molecular weight is 340 g/mol. The van der Waals surface area contributed by atoms with Crippen LogP contribution >= 0.6 is 0 Å². The Labute approximate surface area is 112 Å². The van der Waals surface area contributed by atoms with E-state index in [9.17, 15) is 0 Å². The molecule has 0 aromatic heterocycles. The second kappa shape index (κ2) is 6.64. The molecule has 1 aromatic carbocycles. The van der Waals surface area contributed by atoms with Gasteiger partial charge in [-0.05, 0) is 0 Å². The van der Waals surface area contributed by atoms with Gasteiger partial charge in [0.2, 0.25) is 0 Å². The van der Waals surface area contributed by atoms with Gasteiger partial charge in [0.05, 0.1) is 0 Å². The number of benzene rings is 1. The molecule has 0 saturated carbocycles. The molecule has 0 N–H and O–H groups in total. The first-order valence-corrected chi connectivity index (χ1v) is 15.6. The monoisotopic (exact) mass is 341 g/mol. The summed E-state index contributed by atoms with van der Waals surface area (Å²) in [6.45, 7) is 3.80. The first-order chi connectivity index (χ1) is 8.25. The minimum absolute atomic E-state index is 0.868. The van der Waals surface area contributed by atoms with E-state index in [2.05, 4.69) is 39.0 Å². The van der Waals surface area contributed by atoms with E-state index >= 15 is 0 Å². The molecule has 0 aliphatic carbocycles. The number of nitrogens with zero attached hydrogens (tertiary/aromatic N) is 1. The molecular formula is C14H23NOSn. The molecule has 3 heteroatoms. The van der Waals surface area contributed by atoms with Crippen LogP contribution in [-0.4, -0.2) is 46.1 Å². The van der Waals surface area contributed by atoms with E-state index in [1.54, 1.807) is 0 Å². The molecule has 0 atom stereocenters. The average Bonchev–Trinajstić information content (AvgIpc) is 2.38. The Morgan fingerprint density at radius 1 is 1.24 bits per heavy atom. The van der Waals surface area contributed by atoms with E-state index in [-0.39, 0.29) is 0 Å². The third-order valence-corrected chi connectivity index (χ3v) is 7.42. The standard InChI is InChI=1S/C12H16NO.2CH3.Sn.H/c1-2-11-4-3-5-12(10-11)13-6-8-14-9-7-13;;;;/h3-5,10H,1-2,6-9H2;2*1H3;;. The first-order valence-electron chi connectivity index (χ1n) is 6.67. The van der Waals surface area contributed by atoms with E-state index in [0.29, 0.717) is 0 Å². The predicted octanol–water partition coefficient (Wildman–Crippen LogP) is 2.55. The van der Waals surface area contributed by atoms with E-state index in [1.165, 1.54) is 22.1 Å². The first kappa shape index (κ1) is 13.2. The van der Waals surface area contributed by atoms with Gasteiger partial charge in [-0.1, -0.05) is 0 Å². The zero-order valence-electron chi connectivity index (χ0n) is 11.0. The molecule has 17 heavy (non-hydrogen) atoms. The van der Waals surface area contributed by atoms with Gasteiger partial charge in [0.15, 0.2) is 0 Å². The molecule has 0 bridgehead atoms. The fourth-order valence-electron chi connectivity index (χ4n) is 2.19. The van der Waals surface area contributed by atoms with E-state index in [0.717, 1.165) is 26.3 Å². The van der Waals surface area contributed by atoms with E-state index in [1.807, 2.05) is 0 Å². The quantitative estimate of drug-likeness (QED) is 0.782. The molecular weight excluding hydrogens is 317 g/mol. The molecule has 0 radical (unpaired) electrons. The summed E-state index contributed by atoms with van der Waals surface area (Å²) in [5, 5.41) is 0. The van der Waals surface area contributed by atoms with Crippen LogP contribution in [0.15, 0.2) is 24.3 Å². The van der Waals surface area contributed by atoms with Crippen molar-refractivity contribution in [1.29, 1.82) is 0 Å². The second-order valence-electron chi connectivity index (χ2n) is 5.20. The van der Waals surface area contributed by atoms with Crippen LogP contribution in [0.3, 0.4) is 0 Å². The van der Waals surface area contributed by atoms with Crippen LogP contribution in [0, 0.1) is 0 Å². The molecule has 2 rings (SSSR count). The van der Waals surface area contributed by atoms with Gasteiger partial charge in [0.25, 0.3) is 0 Å². The Balaban J connectivity index is 2.00. The Morgan fingerprint density at radius 3 is 2.71 bits per heavy atom. The summed E-state index contributed by atoms with van der Waals surface area (Å²) in [5.74, 6) is 0. The van der Waals surface area contributed by atoms with E-state index < -0.39 is 19.8 Å². The summed E-state index contributed by atoms with van der Waals surface area (Å²) in [6.07, 6.45) is 1.28. The predicted molar refractivity (Wildman–Crippen MR) is 76.9 cm³/mol. The number of aryl methyl sites for hydroxylation is 1. The van der Waals surface area contributed by atoms with Gasteiger partial charge in [-0.3, -0.25) is 0 Å². The van der Waals surface area contributed by atoms with Crippen molar-refractivity contribution >= 4 is 25.4 Å². The molecule has 0 unspecified atom stereocenters. The van der Waals surface area contributed by atoms with Gasteiger partial charge in [0.1, 0.15) is 0 Å². The molecule has 1 aliphatic heterocycles. The third-order valence-electron chi connectivity index (χ3n) is 3.30. The van der Waals surface area contributed by atoms with Crippen molar-refractivity contribution in [3.8, 4) is 0 Å². The third kappa shape index (κ3) is 4.18. The number of hydrogen-bond donors (Lipinski definition) is 0. The summed E-state index contributed by atoms with van der Waals surface area (Å²) in [5.41, 5.74) is 2.89. The summed E-state index contributed by atoms with van der Waals surface area (Å²) in [7, 11) is 0. The van der Waals surface area contributed by atoms with Gasteiger partial charge < -0.3 is 0 Å². The van der Waals surface area contributed by atoms with Crippen molar-refractivity contribution in [3.05, 3.63) is 29.8 Å². The maximum absolute atomic E-state index is 5.40. The van der Waals surface area contributed by atoms with Crippen molar-refractivity contribution in [2.24, 2.45) is 0 Å². The molecule has 1 heterocycles. The molecule has 0 amide bonds. The van der Waals surface area contributed by atoms with E-state index in [4.69, 9.17) is 4.74 Å². The van der Waals surface area contributed by atoms with Gasteiger partial charge in [-0.25, -0.2) is 0 Å². The molecule has 0 spiro atoms. The van der Waals surface area contributed by atoms with Crippen molar-refractivity contribution in [3.63, 3.8) is 0 Å². The summed E-state index contributed by atoms with van der Waals surface area (Å²) in [6, 6.07) is 9.08. The molecule has 94 valence electrons. The Morgan fingerprint density at radius 2 is 2.00 bits per heavy atom. The molecule has 2 nitrogen and oxygen atoms in total. The van der Waals surface area contributed by atoms with Gasteiger partial charge >= 0.3 is 112 Å².